The minimum atomic E-state index is -1.14. The summed E-state index contributed by atoms with van der Waals surface area (Å²) in [6.45, 7) is 2.25. The summed E-state index contributed by atoms with van der Waals surface area (Å²) in [5, 5.41) is 20.4. The SMILES string of the molecule is CSc1ccc(Nc2ncc(C(=O)O)c(N)n2)cc1C.OCCc1ccccc1. The van der Waals surface area contributed by atoms with Gasteiger partial charge in [-0.15, -0.1) is 11.8 Å². The molecular weight excluding hydrogens is 388 g/mol. The van der Waals surface area contributed by atoms with E-state index < -0.39 is 5.97 Å². The van der Waals surface area contributed by atoms with Gasteiger partial charge in [-0.2, -0.15) is 4.98 Å². The van der Waals surface area contributed by atoms with Gasteiger partial charge in [0.1, 0.15) is 11.4 Å². The van der Waals surface area contributed by atoms with Gasteiger partial charge >= 0.3 is 5.97 Å². The maximum absolute atomic E-state index is 10.8. The van der Waals surface area contributed by atoms with Gasteiger partial charge in [-0.1, -0.05) is 30.3 Å². The van der Waals surface area contributed by atoms with E-state index in [4.69, 9.17) is 15.9 Å². The molecule has 2 aromatic carbocycles. The summed E-state index contributed by atoms with van der Waals surface area (Å²) < 4.78 is 0. The van der Waals surface area contributed by atoms with E-state index in [0.717, 1.165) is 17.7 Å². The van der Waals surface area contributed by atoms with Crippen LogP contribution in [0.3, 0.4) is 0 Å². The number of aliphatic hydroxyl groups is 1. The van der Waals surface area contributed by atoms with Crippen molar-refractivity contribution in [2.45, 2.75) is 18.2 Å². The number of nitrogens with zero attached hydrogens (tertiary/aromatic N) is 2. The highest BCUT2D eigenvalue weighted by atomic mass is 32.2. The minimum Gasteiger partial charge on any atom is -0.477 e. The molecule has 0 spiro atoms. The third kappa shape index (κ3) is 6.78. The van der Waals surface area contributed by atoms with Gasteiger partial charge in [0.15, 0.2) is 0 Å². The number of aromatic carboxylic acids is 1. The number of nitrogens with one attached hydrogen (secondary N) is 1. The molecule has 152 valence electrons. The second kappa shape index (κ2) is 11.0. The fourth-order valence-corrected chi connectivity index (χ4v) is 3.06. The highest BCUT2D eigenvalue weighted by Crippen LogP contribution is 2.24. The fourth-order valence-electron chi connectivity index (χ4n) is 2.48. The number of carbonyl (C=O) groups is 1. The van der Waals surface area contributed by atoms with Gasteiger partial charge in [-0.25, -0.2) is 9.78 Å². The van der Waals surface area contributed by atoms with Gasteiger partial charge in [0.2, 0.25) is 5.95 Å². The van der Waals surface area contributed by atoms with Crippen molar-refractivity contribution >= 4 is 35.2 Å². The fraction of sp³-hybridized carbons (Fsp3) is 0.190. The van der Waals surface area contributed by atoms with Crippen LogP contribution in [-0.2, 0) is 6.42 Å². The molecule has 8 heteroatoms. The van der Waals surface area contributed by atoms with Crippen LogP contribution in [0.4, 0.5) is 17.5 Å². The zero-order valence-electron chi connectivity index (χ0n) is 16.3. The second-order valence-corrected chi connectivity index (χ2v) is 6.91. The quantitative estimate of drug-likeness (QED) is 0.452. The number of aliphatic hydroxyl groups excluding tert-OH is 1. The molecular formula is C21H24N4O3S. The Bertz CT molecular complexity index is 952. The number of nitrogen functional groups attached to an aromatic ring is 1. The average Bonchev–Trinajstić information content (AvgIpc) is 2.69. The van der Waals surface area contributed by atoms with Crippen LogP contribution in [-0.4, -0.2) is 39.0 Å². The van der Waals surface area contributed by atoms with E-state index in [1.165, 1.54) is 16.7 Å². The van der Waals surface area contributed by atoms with Crippen LogP contribution in [0.25, 0.3) is 0 Å². The molecule has 0 amide bonds. The maximum Gasteiger partial charge on any atom is 0.341 e. The third-order valence-electron chi connectivity index (χ3n) is 3.94. The van der Waals surface area contributed by atoms with Crippen molar-refractivity contribution in [3.05, 3.63) is 71.4 Å². The number of nitrogens with two attached hydrogens (primary N) is 1. The first-order valence-electron chi connectivity index (χ1n) is 8.86. The van der Waals surface area contributed by atoms with E-state index in [1.807, 2.05) is 61.7 Å². The average molecular weight is 413 g/mol. The number of benzene rings is 2. The molecule has 5 N–H and O–H groups in total. The van der Waals surface area contributed by atoms with Crippen LogP contribution in [0.2, 0.25) is 0 Å². The Labute approximate surface area is 174 Å². The molecule has 0 aliphatic carbocycles. The summed E-state index contributed by atoms with van der Waals surface area (Å²) >= 11 is 1.67. The normalized spacial score (nSPS) is 10.0. The number of aromatic nitrogens is 2. The summed E-state index contributed by atoms with van der Waals surface area (Å²) in [5.41, 5.74) is 8.62. The van der Waals surface area contributed by atoms with Gasteiger partial charge < -0.3 is 21.3 Å². The molecule has 0 unspecified atom stereocenters. The smallest absolute Gasteiger partial charge is 0.341 e. The molecule has 0 fully saturated rings. The number of hydrogen-bond acceptors (Lipinski definition) is 7. The summed E-state index contributed by atoms with van der Waals surface area (Å²) in [6, 6.07) is 15.8. The van der Waals surface area contributed by atoms with E-state index in [9.17, 15) is 4.79 Å². The topological polar surface area (TPSA) is 121 Å². The number of thioether (sulfide) groups is 1. The van der Waals surface area contributed by atoms with Crippen molar-refractivity contribution < 1.29 is 15.0 Å². The first kappa shape index (κ1) is 22.2. The number of rotatable bonds is 6. The first-order chi connectivity index (χ1) is 13.9. The van der Waals surface area contributed by atoms with Crippen LogP contribution in [0.5, 0.6) is 0 Å². The minimum absolute atomic E-state index is 0.0625. The second-order valence-electron chi connectivity index (χ2n) is 6.07. The molecule has 0 radical (unpaired) electrons. The van der Waals surface area contributed by atoms with Gasteiger partial charge in [0, 0.05) is 23.4 Å². The Morgan fingerprint density at radius 1 is 1.21 bits per heavy atom. The van der Waals surface area contributed by atoms with E-state index in [1.54, 1.807) is 11.8 Å². The number of hydrogen-bond donors (Lipinski definition) is 4. The Hall–Kier alpha value is -3.10. The maximum atomic E-state index is 10.8. The van der Waals surface area contributed by atoms with Crippen LogP contribution < -0.4 is 11.1 Å². The lowest BCUT2D eigenvalue weighted by Crippen LogP contribution is -2.08. The molecule has 1 heterocycles. The standard InChI is InChI=1S/C13H14N4O2S.C8H10O/c1-7-5-8(3-4-10(7)20-2)16-13-15-6-9(12(18)19)11(14)17-13;9-7-6-8-4-2-1-3-5-8/h3-6H,1-2H3,(H,18,19)(H3,14,15,16,17);1-5,9H,6-7H2. The largest absolute Gasteiger partial charge is 0.477 e. The Morgan fingerprint density at radius 3 is 2.48 bits per heavy atom. The molecule has 0 aliphatic rings. The number of aryl methyl sites for hydroxylation is 1. The van der Waals surface area contributed by atoms with Crippen molar-refractivity contribution in [2.75, 3.05) is 23.9 Å². The molecule has 0 saturated heterocycles. The third-order valence-corrected chi connectivity index (χ3v) is 4.84. The zero-order chi connectivity index (χ0) is 21.2. The molecule has 3 rings (SSSR count). The van der Waals surface area contributed by atoms with E-state index in [-0.39, 0.29) is 23.9 Å². The molecule has 0 atom stereocenters. The van der Waals surface area contributed by atoms with E-state index in [0.29, 0.717) is 0 Å². The predicted octanol–water partition coefficient (Wildman–Crippen LogP) is 3.75. The monoisotopic (exact) mass is 412 g/mol. The summed E-state index contributed by atoms with van der Waals surface area (Å²) in [5.74, 6) is -0.939. The van der Waals surface area contributed by atoms with Crippen molar-refractivity contribution in [3.8, 4) is 0 Å². The van der Waals surface area contributed by atoms with Gasteiger partial charge in [-0.05, 0) is 48.9 Å². The van der Waals surface area contributed by atoms with Crippen LogP contribution >= 0.6 is 11.8 Å². The Kier molecular flexibility index (Phi) is 8.45. The Balaban J connectivity index is 0.000000278. The van der Waals surface area contributed by atoms with Crippen LogP contribution in [0.1, 0.15) is 21.5 Å². The summed E-state index contributed by atoms with van der Waals surface area (Å²) in [7, 11) is 0. The lowest BCUT2D eigenvalue weighted by molar-refractivity contribution is 0.0697. The predicted molar refractivity (Wildman–Crippen MR) is 117 cm³/mol. The Morgan fingerprint density at radius 2 is 1.93 bits per heavy atom. The number of carboxylic acid groups (broad SMARTS) is 1. The molecule has 3 aromatic rings. The van der Waals surface area contributed by atoms with Crippen LogP contribution in [0, 0.1) is 6.92 Å². The highest BCUT2D eigenvalue weighted by molar-refractivity contribution is 7.98. The molecule has 7 nitrogen and oxygen atoms in total. The molecule has 0 saturated carbocycles. The molecule has 0 bridgehead atoms. The lowest BCUT2D eigenvalue weighted by atomic mass is 10.2. The summed E-state index contributed by atoms with van der Waals surface area (Å²) in [4.78, 5) is 19.9. The van der Waals surface area contributed by atoms with Gasteiger partial charge in [0.25, 0.3) is 0 Å². The first-order valence-corrected chi connectivity index (χ1v) is 10.1. The van der Waals surface area contributed by atoms with Crippen molar-refractivity contribution in [2.24, 2.45) is 0 Å². The zero-order valence-corrected chi connectivity index (χ0v) is 17.1. The number of carboxylic acids is 1. The molecule has 29 heavy (non-hydrogen) atoms. The van der Waals surface area contributed by atoms with Crippen LogP contribution in [0.15, 0.2) is 59.6 Å². The van der Waals surface area contributed by atoms with Gasteiger partial charge in [-0.3, -0.25) is 0 Å². The van der Waals surface area contributed by atoms with E-state index >= 15 is 0 Å². The lowest BCUT2D eigenvalue weighted by Gasteiger charge is -2.09. The van der Waals surface area contributed by atoms with Gasteiger partial charge in [0.05, 0.1) is 0 Å². The van der Waals surface area contributed by atoms with E-state index in [2.05, 4.69) is 15.3 Å². The molecule has 0 aliphatic heterocycles. The number of anilines is 3. The summed E-state index contributed by atoms with van der Waals surface area (Å²) in [6.07, 6.45) is 3.97. The van der Waals surface area contributed by atoms with Crippen molar-refractivity contribution in [1.82, 2.24) is 9.97 Å². The van der Waals surface area contributed by atoms with Crippen molar-refractivity contribution in [3.63, 3.8) is 0 Å². The van der Waals surface area contributed by atoms with Crippen molar-refractivity contribution in [1.29, 1.82) is 0 Å². The highest BCUT2D eigenvalue weighted by Gasteiger charge is 2.11. The molecule has 1 aromatic heterocycles.